The SMILES string of the molecule is COc1ccccc1C1(CN=C(N)NC(C)(C)C)CCCC1. The molecule has 0 bridgehead atoms. The van der Waals surface area contributed by atoms with Gasteiger partial charge in [-0.1, -0.05) is 31.0 Å². The number of nitrogens with two attached hydrogens (primary N) is 1. The van der Waals surface area contributed by atoms with Crippen molar-refractivity contribution in [3.05, 3.63) is 29.8 Å². The Kier molecular flexibility index (Phi) is 4.99. The van der Waals surface area contributed by atoms with E-state index in [-0.39, 0.29) is 11.0 Å². The van der Waals surface area contributed by atoms with Gasteiger partial charge >= 0.3 is 0 Å². The molecule has 1 aliphatic carbocycles. The largest absolute Gasteiger partial charge is 0.496 e. The summed E-state index contributed by atoms with van der Waals surface area (Å²) in [5, 5.41) is 3.24. The molecule has 0 aromatic heterocycles. The monoisotopic (exact) mass is 303 g/mol. The van der Waals surface area contributed by atoms with Gasteiger partial charge < -0.3 is 15.8 Å². The van der Waals surface area contributed by atoms with Gasteiger partial charge in [-0.3, -0.25) is 4.99 Å². The van der Waals surface area contributed by atoms with Crippen LogP contribution in [0.1, 0.15) is 52.0 Å². The van der Waals surface area contributed by atoms with E-state index >= 15 is 0 Å². The van der Waals surface area contributed by atoms with Crippen LogP contribution < -0.4 is 15.8 Å². The second kappa shape index (κ2) is 6.59. The minimum absolute atomic E-state index is 0.0524. The molecule has 0 spiro atoms. The van der Waals surface area contributed by atoms with E-state index in [0.29, 0.717) is 12.5 Å². The average molecular weight is 303 g/mol. The maximum Gasteiger partial charge on any atom is 0.189 e. The Balaban J connectivity index is 2.24. The van der Waals surface area contributed by atoms with E-state index in [4.69, 9.17) is 10.5 Å². The van der Waals surface area contributed by atoms with Gasteiger partial charge in [-0.2, -0.15) is 0 Å². The summed E-state index contributed by atoms with van der Waals surface area (Å²) in [6, 6.07) is 8.31. The van der Waals surface area contributed by atoms with Crippen molar-refractivity contribution in [3.8, 4) is 5.75 Å². The molecule has 0 atom stereocenters. The first kappa shape index (κ1) is 16.7. The van der Waals surface area contributed by atoms with Crippen molar-refractivity contribution in [2.75, 3.05) is 13.7 Å². The third-order valence-electron chi connectivity index (χ3n) is 4.29. The number of nitrogens with one attached hydrogen (secondary N) is 1. The quantitative estimate of drug-likeness (QED) is 0.663. The summed E-state index contributed by atoms with van der Waals surface area (Å²) in [5.74, 6) is 1.48. The van der Waals surface area contributed by atoms with Crippen molar-refractivity contribution in [1.82, 2.24) is 5.32 Å². The minimum atomic E-state index is -0.0686. The average Bonchev–Trinajstić information content (AvgIpc) is 2.93. The molecule has 1 aromatic carbocycles. The predicted molar refractivity (Wildman–Crippen MR) is 92.5 cm³/mol. The normalized spacial score (nSPS) is 18.3. The number of benzene rings is 1. The standard InChI is InChI=1S/C18H29N3O/c1-17(2,3)21-16(19)20-13-18(11-7-8-12-18)14-9-5-6-10-15(14)22-4/h5-6,9-10H,7-8,11-13H2,1-4H3,(H3,19,20,21). The second-order valence-corrected chi connectivity index (χ2v) is 7.26. The highest BCUT2D eigenvalue weighted by Crippen LogP contribution is 2.44. The summed E-state index contributed by atoms with van der Waals surface area (Å²) in [6.45, 7) is 6.96. The third kappa shape index (κ3) is 3.93. The van der Waals surface area contributed by atoms with Gasteiger partial charge in [0.2, 0.25) is 0 Å². The molecule has 2 rings (SSSR count). The number of aliphatic imine (C=N–C) groups is 1. The Hall–Kier alpha value is -1.71. The molecule has 0 aliphatic heterocycles. The maximum atomic E-state index is 6.05. The Bertz CT molecular complexity index is 525. The van der Waals surface area contributed by atoms with Crippen LogP contribution in [0.5, 0.6) is 5.75 Å². The van der Waals surface area contributed by atoms with Gasteiger partial charge in [-0.25, -0.2) is 0 Å². The van der Waals surface area contributed by atoms with Crippen LogP contribution in [0.2, 0.25) is 0 Å². The topological polar surface area (TPSA) is 59.6 Å². The lowest BCUT2D eigenvalue weighted by molar-refractivity contribution is 0.377. The minimum Gasteiger partial charge on any atom is -0.496 e. The summed E-state index contributed by atoms with van der Waals surface area (Å²) in [5.41, 5.74) is 7.30. The molecule has 122 valence electrons. The van der Waals surface area contributed by atoms with Crippen molar-refractivity contribution in [3.63, 3.8) is 0 Å². The van der Waals surface area contributed by atoms with Crippen LogP contribution in [0.15, 0.2) is 29.3 Å². The van der Waals surface area contributed by atoms with E-state index in [0.717, 1.165) is 18.6 Å². The molecule has 0 unspecified atom stereocenters. The van der Waals surface area contributed by atoms with Crippen molar-refractivity contribution in [1.29, 1.82) is 0 Å². The highest BCUT2D eigenvalue weighted by atomic mass is 16.5. The molecule has 1 fully saturated rings. The van der Waals surface area contributed by atoms with Crippen LogP contribution in [0.4, 0.5) is 0 Å². The molecular weight excluding hydrogens is 274 g/mol. The molecule has 4 heteroatoms. The Morgan fingerprint density at radius 3 is 2.50 bits per heavy atom. The maximum absolute atomic E-state index is 6.05. The van der Waals surface area contributed by atoms with Crippen molar-refractivity contribution < 1.29 is 4.74 Å². The van der Waals surface area contributed by atoms with Gasteiger partial charge in [0.15, 0.2) is 5.96 Å². The van der Waals surface area contributed by atoms with Gasteiger partial charge in [-0.15, -0.1) is 0 Å². The van der Waals surface area contributed by atoms with Crippen molar-refractivity contribution in [2.45, 2.75) is 57.4 Å². The molecule has 1 saturated carbocycles. The lowest BCUT2D eigenvalue weighted by atomic mass is 9.78. The predicted octanol–water partition coefficient (Wildman–Crippen LogP) is 3.21. The molecule has 3 N–H and O–H groups in total. The van der Waals surface area contributed by atoms with E-state index in [1.54, 1.807) is 7.11 Å². The molecule has 0 amide bonds. The zero-order valence-corrected chi connectivity index (χ0v) is 14.3. The van der Waals surface area contributed by atoms with Crippen LogP contribution in [0, 0.1) is 0 Å². The van der Waals surface area contributed by atoms with Crippen LogP contribution in [-0.4, -0.2) is 25.2 Å². The fourth-order valence-corrected chi connectivity index (χ4v) is 3.31. The summed E-state index contributed by atoms with van der Waals surface area (Å²) < 4.78 is 5.57. The zero-order valence-electron chi connectivity index (χ0n) is 14.3. The summed E-state index contributed by atoms with van der Waals surface area (Å²) in [6.07, 6.45) is 4.75. The van der Waals surface area contributed by atoms with E-state index < -0.39 is 0 Å². The van der Waals surface area contributed by atoms with E-state index in [2.05, 4.69) is 43.2 Å². The van der Waals surface area contributed by atoms with E-state index in [1.807, 2.05) is 12.1 Å². The second-order valence-electron chi connectivity index (χ2n) is 7.26. The van der Waals surface area contributed by atoms with Crippen LogP contribution in [0.25, 0.3) is 0 Å². The lowest BCUT2D eigenvalue weighted by Crippen LogP contribution is -2.45. The lowest BCUT2D eigenvalue weighted by Gasteiger charge is -2.30. The van der Waals surface area contributed by atoms with Crippen LogP contribution >= 0.6 is 0 Å². The van der Waals surface area contributed by atoms with E-state index in [1.165, 1.54) is 18.4 Å². The Morgan fingerprint density at radius 1 is 1.27 bits per heavy atom. The summed E-state index contributed by atoms with van der Waals surface area (Å²) in [4.78, 5) is 4.64. The number of ether oxygens (including phenoxy) is 1. The van der Waals surface area contributed by atoms with Gasteiger partial charge in [0, 0.05) is 16.5 Å². The van der Waals surface area contributed by atoms with Crippen LogP contribution in [-0.2, 0) is 5.41 Å². The number of hydrogen-bond donors (Lipinski definition) is 2. The molecule has 0 saturated heterocycles. The van der Waals surface area contributed by atoms with Gasteiger partial charge in [0.05, 0.1) is 13.7 Å². The first-order valence-corrected chi connectivity index (χ1v) is 8.08. The van der Waals surface area contributed by atoms with Crippen molar-refractivity contribution in [2.24, 2.45) is 10.7 Å². The number of para-hydroxylation sites is 1. The van der Waals surface area contributed by atoms with E-state index in [9.17, 15) is 0 Å². The fraction of sp³-hybridized carbons (Fsp3) is 0.611. The third-order valence-corrected chi connectivity index (χ3v) is 4.29. The van der Waals surface area contributed by atoms with Gasteiger partial charge in [0.25, 0.3) is 0 Å². The first-order valence-electron chi connectivity index (χ1n) is 8.08. The highest BCUT2D eigenvalue weighted by molar-refractivity contribution is 5.78. The number of methoxy groups -OCH3 is 1. The molecular formula is C18H29N3O. The smallest absolute Gasteiger partial charge is 0.189 e. The molecule has 1 aliphatic rings. The van der Waals surface area contributed by atoms with Gasteiger partial charge in [-0.05, 0) is 39.7 Å². The summed E-state index contributed by atoms with van der Waals surface area (Å²) >= 11 is 0. The molecule has 4 nitrogen and oxygen atoms in total. The molecule has 0 heterocycles. The van der Waals surface area contributed by atoms with Crippen molar-refractivity contribution >= 4 is 5.96 Å². The molecule has 1 aromatic rings. The number of hydrogen-bond acceptors (Lipinski definition) is 2. The number of guanidine groups is 1. The first-order chi connectivity index (χ1) is 10.4. The van der Waals surface area contributed by atoms with Gasteiger partial charge in [0.1, 0.15) is 5.75 Å². The highest BCUT2D eigenvalue weighted by Gasteiger charge is 2.37. The number of rotatable bonds is 4. The Labute approximate surface area is 134 Å². The Morgan fingerprint density at radius 2 is 1.91 bits per heavy atom. The fourth-order valence-electron chi connectivity index (χ4n) is 3.31. The molecule has 0 radical (unpaired) electrons. The van der Waals surface area contributed by atoms with Crippen LogP contribution in [0.3, 0.4) is 0 Å². The zero-order chi connectivity index (χ0) is 16.2. The molecule has 22 heavy (non-hydrogen) atoms. The number of nitrogens with zero attached hydrogens (tertiary/aromatic N) is 1. The summed E-state index contributed by atoms with van der Waals surface area (Å²) in [7, 11) is 1.74.